The van der Waals surface area contributed by atoms with Crippen molar-refractivity contribution < 1.29 is 0 Å². The highest BCUT2D eigenvalue weighted by atomic mass is 14.7. The van der Waals surface area contributed by atoms with Gasteiger partial charge in [-0.1, -0.05) is 194 Å². The van der Waals surface area contributed by atoms with Crippen LogP contribution in [0.2, 0.25) is 0 Å². The van der Waals surface area contributed by atoms with Crippen LogP contribution in [-0.2, 0) is 25.7 Å². The molecule has 10 rings (SSSR count). The number of rotatable bonds is 13. The van der Waals surface area contributed by atoms with Crippen molar-refractivity contribution in [3.63, 3.8) is 0 Å². The summed E-state index contributed by atoms with van der Waals surface area (Å²) in [5.41, 5.74) is 20.9. The summed E-state index contributed by atoms with van der Waals surface area (Å²) < 4.78 is 0. The molecule has 3 heteroatoms. The smallest absolute Gasteiger partial charge is 0.0702 e. The first-order chi connectivity index (χ1) is 31.7. The summed E-state index contributed by atoms with van der Waals surface area (Å²) in [6.07, 6.45) is 9.73. The predicted molar refractivity (Wildman–Crippen MR) is 266 cm³/mol. The maximum absolute atomic E-state index is 5.05. The molecule has 64 heavy (non-hydrogen) atoms. The van der Waals surface area contributed by atoms with E-state index in [-0.39, 0.29) is 0 Å². The van der Waals surface area contributed by atoms with Crippen molar-refractivity contribution in [1.29, 1.82) is 0 Å². The Balaban J connectivity index is 0.910. The third-order valence-electron chi connectivity index (χ3n) is 12.0. The normalized spacial score (nSPS) is 11.1. The molecule has 0 aliphatic heterocycles. The van der Waals surface area contributed by atoms with Gasteiger partial charge >= 0.3 is 0 Å². The molecule has 0 N–H and O–H groups in total. The van der Waals surface area contributed by atoms with E-state index >= 15 is 0 Å². The summed E-state index contributed by atoms with van der Waals surface area (Å²) in [6, 6.07) is 77.7. The summed E-state index contributed by atoms with van der Waals surface area (Å²) in [6.45, 7) is 0. The SMILES string of the molecule is c1ccc(-c2ccc(-c3cccc(-c4ccc(-c5ccccc5-c5cc(CCc6ccc(-c7ccccc7)nc6)cc(CCc6ccc(-c7ccccc7)nc6)c5)cn4)c3)cc2)cc1. The Kier molecular flexibility index (Phi) is 11.9. The average molecular weight is 822 g/mol. The molecule has 0 atom stereocenters. The second-order valence-electron chi connectivity index (χ2n) is 16.4. The van der Waals surface area contributed by atoms with Crippen LogP contribution in [0.3, 0.4) is 0 Å². The van der Waals surface area contributed by atoms with E-state index in [0.717, 1.165) is 65.0 Å². The Morgan fingerprint density at radius 1 is 0.219 bits per heavy atom. The van der Waals surface area contributed by atoms with E-state index in [1.165, 1.54) is 61.2 Å². The van der Waals surface area contributed by atoms with Gasteiger partial charge in [-0.15, -0.1) is 0 Å². The Morgan fingerprint density at radius 2 is 0.609 bits per heavy atom. The third-order valence-corrected chi connectivity index (χ3v) is 12.0. The van der Waals surface area contributed by atoms with Gasteiger partial charge in [0, 0.05) is 40.8 Å². The summed E-state index contributed by atoms with van der Waals surface area (Å²) in [7, 11) is 0. The van der Waals surface area contributed by atoms with Crippen molar-refractivity contribution in [2.75, 3.05) is 0 Å². The van der Waals surface area contributed by atoms with Gasteiger partial charge in [-0.05, 0) is 111 Å². The number of benzene rings is 7. The zero-order valence-electron chi connectivity index (χ0n) is 35.7. The zero-order valence-corrected chi connectivity index (χ0v) is 35.7. The van der Waals surface area contributed by atoms with E-state index in [1.807, 2.05) is 30.7 Å². The van der Waals surface area contributed by atoms with E-state index < -0.39 is 0 Å². The molecule has 0 amide bonds. The van der Waals surface area contributed by atoms with Crippen molar-refractivity contribution in [2.45, 2.75) is 25.7 Å². The lowest BCUT2D eigenvalue weighted by Crippen LogP contribution is -1.98. The largest absolute Gasteiger partial charge is 0.256 e. The molecular formula is C61H47N3. The first-order valence-electron chi connectivity index (χ1n) is 22.1. The molecule has 3 heterocycles. The molecule has 0 radical (unpaired) electrons. The third kappa shape index (κ3) is 9.40. The van der Waals surface area contributed by atoms with Crippen molar-refractivity contribution in [1.82, 2.24) is 15.0 Å². The zero-order chi connectivity index (χ0) is 42.9. The van der Waals surface area contributed by atoms with E-state index in [1.54, 1.807) is 0 Å². The fraction of sp³-hybridized carbons (Fsp3) is 0.0656. The number of nitrogens with zero attached hydrogens (tertiary/aromatic N) is 3. The van der Waals surface area contributed by atoms with E-state index in [0.29, 0.717) is 0 Å². The fourth-order valence-corrected chi connectivity index (χ4v) is 8.54. The van der Waals surface area contributed by atoms with Gasteiger partial charge in [0.1, 0.15) is 0 Å². The Bertz CT molecular complexity index is 2980. The van der Waals surface area contributed by atoms with Gasteiger partial charge in [0.15, 0.2) is 0 Å². The molecule has 0 saturated heterocycles. The molecule has 0 spiro atoms. The highest BCUT2D eigenvalue weighted by Crippen LogP contribution is 2.35. The average Bonchev–Trinajstić information content (AvgIpc) is 3.38. The Morgan fingerprint density at radius 3 is 1.12 bits per heavy atom. The second-order valence-corrected chi connectivity index (χ2v) is 16.4. The molecule has 306 valence electrons. The van der Waals surface area contributed by atoms with Crippen LogP contribution in [0.1, 0.15) is 22.3 Å². The van der Waals surface area contributed by atoms with Gasteiger partial charge in [-0.25, -0.2) is 0 Å². The molecule has 0 fully saturated rings. The standard InChI is InChI=1S/C61H47N3/c1-4-13-48(14-5-1)49-29-31-50(32-30-49)53-19-12-20-54(40-53)61-36-33-55(43-64-61)57-21-10-11-22-58(57)56-38-46(25-23-44-27-34-59(62-41-44)51-15-6-2-7-16-51)37-47(39-56)26-24-45-28-35-60(63-42-45)52-17-8-3-9-18-52/h1-22,27-43H,23-26H2. The summed E-state index contributed by atoms with van der Waals surface area (Å²) in [5, 5.41) is 0. The van der Waals surface area contributed by atoms with Crippen LogP contribution >= 0.6 is 0 Å². The van der Waals surface area contributed by atoms with E-state index in [9.17, 15) is 0 Å². The van der Waals surface area contributed by atoms with Crippen LogP contribution in [0.15, 0.2) is 237 Å². The quantitative estimate of drug-likeness (QED) is 0.116. The monoisotopic (exact) mass is 821 g/mol. The fourth-order valence-electron chi connectivity index (χ4n) is 8.54. The summed E-state index contributed by atoms with van der Waals surface area (Å²) >= 11 is 0. The minimum absolute atomic E-state index is 0.906. The molecule has 0 aliphatic carbocycles. The molecule has 7 aromatic carbocycles. The first-order valence-corrected chi connectivity index (χ1v) is 22.1. The van der Waals surface area contributed by atoms with Gasteiger partial charge in [0.05, 0.1) is 17.1 Å². The van der Waals surface area contributed by atoms with Crippen LogP contribution in [0.25, 0.3) is 78.3 Å². The van der Waals surface area contributed by atoms with E-state index in [2.05, 4.69) is 206 Å². The minimum atomic E-state index is 0.906. The maximum Gasteiger partial charge on any atom is 0.0702 e. The van der Waals surface area contributed by atoms with E-state index in [4.69, 9.17) is 15.0 Å². The van der Waals surface area contributed by atoms with Gasteiger partial charge in [-0.3, -0.25) is 15.0 Å². The lowest BCUT2D eigenvalue weighted by atomic mass is 9.90. The van der Waals surface area contributed by atoms with Crippen LogP contribution in [-0.4, -0.2) is 15.0 Å². The van der Waals surface area contributed by atoms with Gasteiger partial charge in [0.25, 0.3) is 0 Å². The predicted octanol–water partition coefficient (Wildman–Crippen LogP) is 15.1. The van der Waals surface area contributed by atoms with Crippen molar-refractivity contribution in [3.8, 4) is 78.3 Å². The van der Waals surface area contributed by atoms with Crippen LogP contribution in [0.4, 0.5) is 0 Å². The molecule has 0 saturated carbocycles. The number of aromatic nitrogens is 3. The summed E-state index contributed by atoms with van der Waals surface area (Å²) in [4.78, 5) is 14.7. The maximum atomic E-state index is 5.05. The first kappa shape index (κ1) is 40.1. The lowest BCUT2D eigenvalue weighted by molar-refractivity contribution is 0.923. The second kappa shape index (κ2) is 18.9. The van der Waals surface area contributed by atoms with Gasteiger partial charge in [-0.2, -0.15) is 0 Å². The number of pyridine rings is 3. The molecule has 10 aromatic rings. The molecule has 0 bridgehead atoms. The van der Waals surface area contributed by atoms with Crippen LogP contribution < -0.4 is 0 Å². The number of hydrogen-bond acceptors (Lipinski definition) is 3. The molecular weight excluding hydrogens is 775 g/mol. The van der Waals surface area contributed by atoms with Gasteiger partial charge in [0.2, 0.25) is 0 Å². The van der Waals surface area contributed by atoms with Crippen molar-refractivity contribution in [3.05, 3.63) is 259 Å². The topological polar surface area (TPSA) is 38.7 Å². The highest BCUT2D eigenvalue weighted by molar-refractivity contribution is 5.84. The lowest BCUT2D eigenvalue weighted by Gasteiger charge is -2.15. The Labute approximate surface area is 376 Å². The number of aryl methyl sites for hydroxylation is 4. The van der Waals surface area contributed by atoms with Crippen LogP contribution in [0, 0.1) is 0 Å². The highest BCUT2D eigenvalue weighted by Gasteiger charge is 2.13. The van der Waals surface area contributed by atoms with Gasteiger partial charge < -0.3 is 0 Å². The molecule has 3 nitrogen and oxygen atoms in total. The van der Waals surface area contributed by atoms with Crippen molar-refractivity contribution >= 4 is 0 Å². The van der Waals surface area contributed by atoms with Crippen molar-refractivity contribution in [2.24, 2.45) is 0 Å². The molecule has 0 unspecified atom stereocenters. The molecule has 0 aliphatic rings. The minimum Gasteiger partial charge on any atom is -0.256 e. The van der Waals surface area contributed by atoms with Crippen LogP contribution in [0.5, 0.6) is 0 Å². The Hall–Kier alpha value is -8.01. The molecule has 3 aromatic heterocycles. The number of hydrogen-bond donors (Lipinski definition) is 0. The summed E-state index contributed by atoms with van der Waals surface area (Å²) in [5.74, 6) is 0.